The smallest absolute Gasteiger partial charge is 0.310 e. The van der Waals surface area contributed by atoms with Crippen molar-refractivity contribution in [1.82, 2.24) is 0 Å². The Kier molecular flexibility index (Phi) is 1.26. The van der Waals surface area contributed by atoms with Crippen LogP contribution in [-0.2, 0) is 11.2 Å². The fraction of sp³-hybridized carbons (Fsp3) is 0.417. The van der Waals surface area contributed by atoms with Crippen LogP contribution in [0, 0.1) is 11.3 Å². The Morgan fingerprint density at radius 3 is 2.93 bits per heavy atom. The summed E-state index contributed by atoms with van der Waals surface area (Å²) in [5.74, 6) is -0.0180. The van der Waals surface area contributed by atoms with Crippen molar-refractivity contribution in [3.8, 4) is 0 Å². The Bertz CT molecular complexity index is 424. The molecule has 2 aliphatic rings. The average molecular weight is 188 g/mol. The molecular formula is C12H12O2. The molecule has 72 valence electrons. The highest BCUT2D eigenvalue weighted by Crippen LogP contribution is 2.70. The second-order valence-corrected chi connectivity index (χ2v) is 4.57. The molecule has 1 aromatic carbocycles. The Balaban J connectivity index is 2.05. The van der Waals surface area contributed by atoms with Gasteiger partial charge in [0.05, 0.1) is 5.41 Å². The van der Waals surface area contributed by atoms with E-state index < -0.39 is 11.4 Å². The molecule has 0 unspecified atom stereocenters. The number of hydrogen-bond acceptors (Lipinski definition) is 1. The lowest BCUT2D eigenvalue weighted by Crippen LogP contribution is -2.17. The maximum Gasteiger partial charge on any atom is 0.310 e. The van der Waals surface area contributed by atoms with Crippen molar-refractivity contribution in [1.29, 1.82) is 0 Å². The summed E-state index contributed by atoms with van der Waals surface area (Å²) in [6, 6.07) is 8.22. The van der Waals surface area contributed by atoms with E-state index in [9.17, 15) is 4.79 Å². The zero-order valence-corrected chi connectivity index (χ0v) is 8.03. The van der Waals surface area contributed by atoms with Crippen molar-refractivity contribution in [2.45, 2.75) is 19.3 Å². The zero-order chi connectivity index (χ0) is 9.92. The number of carboxylic acid groups (broad SMARTS) is 1. The predicted molar refractivity (Wildman–Crippen MR) is 52.1 cm³/mol. The first-order chi connectivity index (χ1) is 6.65. The Morgan fingerprint density at radius 1 is 1.50 bits per heavy atom. The lowest BCUT2D eigenvalue weighted by Gasteiger charge is -2.11. The molecule has 0 saturated heterocycles. The van der Waals surface area contributed by atoms with Crippen LogP contribution >= 0.6 is 0 Å². The van der Waals surface area contributed by atoms with Gasteiger partial charge in [-0.3, -0.25) is 4.79 Å². The van der Waals surface area contributed by atoms with Crippen molar-refractivity contribution in [2.24, 2.45) is 11.3 Å². The normalized spacial score (nSPS) is 37.5. The number of carbonyl (C=O) groups is 1. The molecular weight excluding hydrogens is 176 g/mol. The van der Waals surface area contributed by atoms with Crippen LogP contribution in [0.2, 0.25) is 0 Å². The van der Waals surface area contributed by atoms with Gasteiger partial charge in [0.15, 0.2) is 0 Å². The molecule has 0 spiro atoms. The van der Waals surface area contributed by atoms with Gasteiger partial charge in [0.2, 0.25) is 0 Å². The quantitative estimate of drug-likeness (QED) is 0.732. The number of fused-ring (bicyclic) bond motifs is 3. The Morgan fingerprint density at radius 2 is 2.21 bits per heavy atom. The van der Waals surface area contributed by atoms with Crippen LogP contribution in [0.1, 0.15) is 24.0 Å². The summed E-state index contributed by atoms with van der Waals surface area (Å²) in [4.78, 5) is 11.1. The van der Waals surface area contributed by atoms with Gasteiger partial charge < -0.3 is 5.11 Å². The lowest BCUT2D eigenvalue weighted by molar-refractivity contribution is -0.143. The van der Waals surface area contributed by atoms with E-state index in [1.165, 1.54) is 11.1 Å². The van der Waals surface area contributed by atoms with Gasteiger partial charge in [-0.05, 0) is 30.4 Å². The summed E-state index contributed by atoms with van der Waals surface area (Å²) >= 11 is 0. The van der Waals surface area contributed by atoms with E-state index in [-0.39, 0.29) is 5.92 Å². The van der Waals surface area contributed by atoms with Crippen molar-refractivity contribution in [2.75, 3.05) is 0 Å². The number of hydrogen-bond donors (Lipinski definition) is 1. The van der Waals surface area contributed by atoms with Gasteiger partial charge in [0, 0.05) is 5.92 Å². The minimum Gasteiger partial charge on any atom is -0.481 e. The molecule has 0 aromatic heterocycles. The van der Waals surface area contributed by atoms with Gasteiger partial charge in [-0.15, -0.1) is 0 Å². The van der Waals surface area contributed by atoms with Crippen LogP contribution in [0.5, 0.6) is 0 Å². The first-order valence-corrected chi connectivity index (χ1v) is 4.97. The minimum atomic E-state index is -0.637. The van der Waals surface area contributed by atoms with Crippen LogP contribution < -0.4 is 0 Å². The molecule has 0 amide bonds. The highest BCUT2D eigenvalue weighted by atomic mass is 16.4. The van der Waals surface area contributed by atoms with Crippen molar-refractivity contribution < 1.29 is 9.90 Å². The number of rotatable bonds is 1. The van der Waals surface area contributed by atoms with Crippen LogP contribution in [0.25, 0.3) is 0 Å². The van der Waals surface area contributed by atoms with Crippen LogP contribution in [-0.4, -0.2) is 11.1 Å². The summed E-state index contributed by atoms with van der Waals surface area (Å²) in [6.07, 6.45) is 0.948. The molecule has 3 atom stereocenters. The van der Waals surface area contributed by atoms with E-state index in [0.29, 0.717) is 5.92 Å². The molecule has 1 aromatic rings. The second kappa shape index (κ2) is 2.19. The summed E-state index contributed by atoms with van der Waals surface area (Å²) in [5.41, 5.74) is 2.14. The number of aliphatic carboxylic acids is 1. The molecule has 0 heterocycles. The molecule has 2 heteroatoms. The Hall–Kier alpha value is -1.31. The minimum absolute atomic E-state index is 0.274. The first kappa shape index (κ1) is 8.04. The number of benzene rings is 1. The largest absolute Gasteiger partial charge is 0.481 e. The molecule has 2 aliphatic carbocycles. The van der Waals surface area contributed by atoms with Gasteiger partial charge in [-0.25, -0.2) is 0 Å². The maximum absolute atomic E-state index is 11.1. The van der Waals surface area contributed by atoms with E-state index in [1.807, 2.05) is 19.1 Å². The molecule has 0 aliphatic heterocycles. The average Bonchev–Trinajstić information content (AvgIpc) is 2.58. The molecule has 0 bridgehead atoms. The van der Waals surface area contributed by atoms with Gasteiger partial charge in [-0.2, -0.15) is 0 Å². The summed E-state index contributed by atoms with van der Waals surface area (Å²) < 4.78 is 0. The molecule has 0 radical (unpaired) electrons. The van der Waals surface area contributed by atoms with Gasteiger partial charge in [-0.1, -0.05) is 24.3 Å². The maximum atomic E-state index is 11.1. The lowest BCUT2D eigenvalue weighted by atomic mass is 9.93. The van der Waals surface area contributed by atoms with Crippen molar-refractivity contribution in [3.05, 3.63) is 35.4 Å². The molecule has 14 heavy (non-hydrogen) atoms. The van der Waals surface area contributed by atoms with E-state index in [0.717, 1.165) is 6.42 Å². The third-order valence-corrected chi connectivity index (χ3v) is 4.00. The summed E-state index contributed by atoms with van der Waals surface area (Å²) in [5, 5.41) is 9.14. The molecule has 1 N–H and O–H groups in total. The van der Waals surface area contributed by atoms with Crippen LogP contribution in [0.3, 0.4) is 0 Å². The highest BCUT2D eigenvalue weighted by molar-refractivity contribution is 5.82. The summed E-state index contributed by atoms with van der Waals surface area (Å²) in [7, 11) is 0. The predicted octanol–water partition coefficient (Wildman–Crippen LogP) is 2.05. The molecule has 3 rings (SSSR count). The topological polar surface area (TPSA) is 37.3 Å². The SMILES string of the molecule is C[C@@]1(C(=O)O)[C@@H]2c3ccccc3C[C@@H]21. The fourth-order valence-electron chi connectivity index (χ4n) is 3.02. The Labute approximate surface area is 82.6 Å². The number of carboxylic acids is 1. The molecule has 1 fully saturated rings. The third-order valence-electron chi connectivity index (χ3n) is 4.00. The van der Waals surface area contributed by atoms with Crippen LogP contribution in [0.4, 0.5) is 0 Å². The van der Waals surface area contributed by atoms with E-state index >= 15 is 0 Å². The second-order valence-electron chi connectivity index (χ2n) is 4.57. The van der Waals surface area contributed by atoms with Gasteiger partial charge >= 0.3 is 5.97 Å². The van der Waals surface area contributed by atoms with Crippen molar-refractivity contribution >= 4 is 5.97 Å². The monoisotopic (exact) mass is 188 g/mol. The third kappa shape index (κ3) is 0.707. The fourth-order valence-corrected chi connectivity index (χ4v) is 3.02. The van der Waals surface area contributed by atoms with Gasteiger partial charge in [0.25, 0.3) is 0 Å². The first-order valence-electron chi connectivity index (χ1n) is 4.97. The molecule has 2 nitrogen and oxygen atoms in total. The van der Waals surface area contributed by atoms with E-state index in [1.54, 1.807) is 0 Å². The standard InChI is InChI=1S/C12H12O2/c1-12(11(13)14)9-6-7-4-2-3-5-8(7)10(9)12/h2-5,9-10H,6H2,1H3,(H,13,14)/t9-,10+,12-/m0/s1. The van der Waals surface area contributed by atoms with Gasteiger partial charge in [0.1, 0.15) is 0 Å². The zero-order valence-electron chi connectivity index (χ0n) is 8.03. The van der Waals surface area contributed by atoms with Crippen molar-refractivity contribution in [3.63, 3.8) is 0 Å². The van der Waals surface area contributed by atoms with Crippen LogP contribution in [0.15, 0.2) is 24.3 Å². The summed E-state index contributed by atoms with van der Waals surface area (Å²) in [6.45, 7) is 1.88. The highest BCUT2D eigenvalue weighted by Gasteiger charge is 2.69. The van der Waals surface area contributed by atoms with E-state index in [2.05, 4.69) is 12.1 Å². The molecule has 1 saturated carbocycles. The van der Waals surface area contributed by atoms with E-state index in [4.69, 9.17) is 5.11 Å².